The average Bonchev–Trinajstić information content (AvgIpc) is 3.13. The number of carbonyl (C=O) groups excluding carboxylic acids is 3. The quantitative estimate of drug-likeness (QED) is 0.614. The maximum Gasteiger partial charge on any atom is 0.355 e. The van der Waals surface area contributed by atoms with Crippen LogP contribution in [-0.4, -0.2) is 35.9 Å². The van der Waals surface area contributed by atoms with Gasteiger partial charge >= 0.3 is 11.9 Å². The molecule has 0 aromatic carbocycles. The van der Waals surface area contributed by atoms with Gasteiger partial charge in [-0.1, -0.05) is 6.07 Å². The van der Waals surface area contributed by atoms with Crippen LogP contribution in [0.15, 0.2) is 17.5 Å². The van der Waals surface area contributed by atoms with Crippen LogP contribution in [0.2, 0.25) is 0 Å². The first kappa shape index (κ1) is 17.9. The molecule has 2 aromatic heterocycles. The number of carbonyl (C=O) groups is 3. The minimum absolute atomic E-state index is 0.143. The summed E-state index contributed by atoms with van der Waals surface area (Å²) in [6.45, 7) is 4.96. The van der Waals surface area contributed by atoms with Gasteiger partial charge in [0.2, 0.25) is 5.78 Å². The zero-order valence-electron chi connectivity index (χ0n) is 13.8. The molecule has 0 spiro atoms. The van der Waals surface area contributed by atoms with Gasteiger partial charge in [-0.25, -0.2) is 4.79 Å². The molecule has 0 unspecified atom stereocenters. The molecule has 1 N–H and O–H groups in total. The Hall–Kier alpha value is -2.41. The Morgan fingerprint density at radius 2 is 1.96 bits per heavy atom. The molecule has 2 rings (SSSR count). The number of esters is 2. The van der Waals surface area contributed by atoms with E-state index in [-0.39, 0.29) is 31.1 Å². The van der Waals surface area contributed by atoms with Gasteiger partial charge in [-0.2, -0.15) is 0 Å². The molecule has 0 saturated carbocycles. The fourth-order valence-corrected chi connectivity index (χ4v) is 3.09. The van der Waals surface area contributed by atoms with Crippen molar-refractivity contribution in [2.45, 2.75) is 27.2 Å². The predicted molar refractivity (Wildman–Crippen MR) is 89.5 cm³/mol. The van der Waals surface area contributed by atoms with Crippen molar-refractivity contribution < 1.29 is 23.9 Å². The molecule has 0 fully saturated rings. The van der Waals surface area contributed by atoms with Gasteiger partial charge in [-0.15, -0.1) is 11.3 Å². The molecule has 0 amide bonds. The molecule has 0 radical (unpaired) electrons. The standard InChI is InChI=1S/C17H19NO5S/c1-4-22-17(21)16-10(2)15(11(3)18-16)13(19)9-23-14(20)8-12-6-5-7-24-12/h5-7,18H,4,8-9H2,1-3H3. The van der Waals surface area contributed by atoms with Crippen molar-refractivity contribution in [3.05, 3.63) is 44.9 Å². The van der Waals surface area contributed by atoms with Crippen molar-refractivity contribution in [1.82, 2.24) is 4.98 Å². The van der Waals surface area contributed by atoms with Gasteiger partial charge in [-0.05, 0) is 37.8 Å². The van der Waals surface area contributed by atoms with Crippen LogP contribution >= 0.6 is 11.3 Å². The summed E-state index contributed by atoms with van der Waals surface area (Å²) >= 11 is 1.46. The van der Waals surface area contributed by atoms with E-state index in [9.17, 15) is 14.4 Å². The van der Waals surface area contributed by atoms with E-state index in [2.05, 4.69) is 4.98 Å². The molecule has 0 bridgehead atoms. The summed E-state index contributed by atoms with van der Waals surface area (Å²) in [5.74, 6) is -1.31. The number of rotatable bonds is 7. The van der Waals surface area contributed by atoms with Gasteiger partial charge in [0.05, 0.1) is 13.0 Å². The number of aromatic amines is 1. The number of Topliss-reactive ketones (excluding diaryl/α,β-unsaturated/α-hetero) is 1. The summed E-state index contributed by atoms with van der Waals surface area (Å²) in [5.41, 5.74) is 1.67. The predicted octanol–water partition coefficient (Wildman–Crippen LogP) is 2.84. The van der Waals surface area contributed by atoms with Crippen LogP contribution in [0.25, 0.3) is 0 Å². The summed E-state index contributed by atoms with van der Waals surface area (Å²) in [4.78, 5) is 39.7. The van der Waals surface area contributed by atoms with Gasteiger partial charge in [-0.3, -0.25) is 9.59 Å². The number of aryl methyl sites for hydroxylation is 1. The minimum Gasteiger partial charge on any atom is -0.461 e. The van der Waals surface area contributed by atoms with E-state index in [1.807, 2.05) is 17.5 Å². The average molecular weight is 349 g/mol. The Morgan fingerprint density at radius 1 is 1.21 bits per heavy atom. The first-order valence-corrected chi connectivity index (χ1v) is 8.39. The molecule has 0 aliphatic carbocycles. The Balaban J connectivity index is 2.02. The molecule has 128 valence electrons. The highest BCUT2D eigenvalue weighted by atomic mass is 32.1. The molecule has 0 aliphatic rings. The molecule has 0 aliphatic heterocycles. The first-order chi connectivity index (χ1) is 11.4. The zero-order valence-corrected chi connectivity index (χ0v) is 14.6. The summed E-state index contributed by atoms with van der Waals surface area (Å²) in [6.07, 6.45) is 0.143. The molecule has 2 aromatic rings. The Bertz CT molecular complexity index is 745. The molecule has 24 heavy (non-hydrogen) atoms. The largest absolute Gasteiger partial charge is 0.461 e. The number of H-pyrrole nitrogens is 1. The molecular weight excluding hydrogens is 330 g/mol. The monoisotopic (exact) mass is 349 g/mol. The van der Waals surface area contributed by atoms with Crippen molar-refractivity contribution in [2.24, 2.45) is 0 Å². The lowest BCUT2D eigenvalue weighted by Gasteiger charge is -2.05. The molecule has 0 atom stereocenters. The third kappa shape index (κ3) is 4.11. The molecule has 7 heteroatoms. The lowest BCUT2D eigenvalue weighted by molar-refractivity contribution is -0.141. The van der Waals surface area contributed by atoms with Crippen LogP contribution < -0.4 is 0 Å². The first-order valence-electron chi connectivity index (χ1n) is 7.51. The van der Waals surface area contributed by atoms with E-state index in [1.165, 1.54) is 11.3 Å². The second-order valence-corrected chi connectivity index (χ2v) is 6.22. The molecule has 0 saturated heterocycles. The van der Waals surface area contributed by atoms with E-state index >= 15 is 0 Å². The Kier molecular flexibility index (Phi) is 5.92. The normalized spacial score (nSPS) is 10.5. The highest BCUT2D eigenvalue weighted by molar-refractivity contribution is 7.10. The van der Waals surface area contributed by atoms with Gasteiger partial charge in [0.25, 0.3) is 0 Å². The van der Waals surface area contributed by atoms with Gasteiger partial charge in [0.1, 0.15) is 5.69 Å². The Labute approximate surface area is 143 Å². The van der Waals surface area contributed by atoms with Crippen LogP contribution in [-0.2, 0) is 20.7 Å². The number of nitrogens with one attached hydrogen (secondary N) is 1. The summed E-state index contributed by atoms with van der Waals surface area (Å²) in [7, 11) is 0. The van der Waals surface area contributed by atoms with Gasteiger partial charge in [0.15, 0.2) is 6.61 Å². The van der Waals surface area contributed by atoms with Crippen LogP contribution in [0.5, 0.6) is 0 Å². The van der Waals surface area contributed by atoms with Crippen molar-refractivity contribution in [3.8, 4) is 0 Å². The van der Waals surface area contributed by atoms with E-state index in [0.29, 0.717) is 16.8 Å². The third-order valence-electron chi connectivity index (χ3n) is 3.46. The van der Waals surface area contributed by atoms with E-state index in [4.69, 9.17) is 9.47 Å². The zero-order chi connectivity index (χ0) is 17.7. The van der Waals surface area contributed by atoms with E-state index in [0.717, 1.165) is 4.88 Å². The van der Waals surface area contributed by atoms with Crippen molar-refractivity contribution in [1.29, 1.82) is 0 Å². The molecule has 6 nitrogen and oxygen atoms in total. The molecular formula is C17H19NO5S. The summed E-state index contributed by atoms with van der Waals surface area (Å²) in [6, 6.07) is 3.68. The lowest BCUT2D eigenvalue weighted by Crippen LogP contribution is -2.16. The number of ketones is 1. The van der Waals surface area contributed by atoms with E-state index < -0.39 is 11.9 Å². The van der Waals surface area contributed by atoms with Gasteiger partial charge in [0, 0.05) is 16.1 Å². The van der Waals surface area contributed by atoms with Crippen LogP contribution in [0.4, 0.5) is 0 Å². The smallest absolute Gasteiger partial charge is 0.355 e. The molecule has 2 heterocycles. The minimum atomic E-state index is -0.508. The SMILES string of the molecule is CCOC(=O)c1[nH]c(C)c(C(=O)COC(=O)Cc2cccs2)c1C. The maximum atomic E-state index is 12.3. The third-order valence-corrected chi connectivity index (χ3v) is 4.34. The summed E-state index contributed by atoms with van der Waals surface area (Å²) < 4.78 is 9.99. The number of hydrogen-bond donors (Lipinski definition) is 1. The fraction of sp³-hybridized carbons (Fsp3) is 0.353. The topological polar surface area (TPSA) is 85.5 Å². The highest BCUT2D eigenvalue weighted by Gasteiger charge is 2.23. The Morgan fingerprint density at radius 3 is 2.58 bits per heavy atom. The summed E-state index contributed by atoms with van der Waals surface area (Å²) in [5, 5.41) is 1.87. The van der Waals surface area contributed by atoms with Crippen LogP contribution in [0.1, 0.15) is 43.9 Å². The van der Waals surface area contributed by atoms with Crippen molar-refractivity contribution >= 4 is 29.1 Å². The number of thiophene rings is 1. The number of aromatic nitrogens is 1. The highest BCUT2D eigenvalue weighted by Crippen LogP contribution is 2.19. The van der Waals surface area contributed by atoms with Gasteiger partial charge < -0.3 is 14.5 Å². The van der Waals surface area contributed by atoms with Crippen molar-refractivity contribution in [2.75, 3.05) is 13.2 Å². The number of ether oxygens (including phenoxy) is 2. The lowest BCUT2D eigenvalue weighted by atomic mass is 10.1. The fourth-order valence-electron chi connectivity index (χ4n) is 2.40. The van der Waals surface area contributed by atoms with E-state index in [1.54, 1.807) is 20.8 Å². The van der Waals surface area contributed by atoms with Crippen LogP contribution in [0, 0.1) is 13.8 Å². The van der Waals surface area contributed by atoms with Crippen LogP contribution in [0.3, 0.4) is 0 Å². The maximum absolute atomic E-state index is 12.3. The second-order valence-electron chi connectivity index (χ2n) is 5.19. The second kappa shape index (κ2) is 7.92. The number of hydrogen-bond acceptors (Lipinski definition) is 6. The van der Waals surface area contributed by atoms with Crippen molar-refractivity contribution in [3.63, 3.8) is 0 Å².